The van der Waals surface area contributed by atoms with Crippen molar-refractivity contribution in [1.82, 2.24) is 4.90 Å². The maximum absolute atomic E-state index is 12.0. The monoisotopic (exact) mass is 314 g/mol. The van der Waals surface area contributed by atoms with Crippen LogP contribution in [-0.4, -0.2) is 41.8 Å². The van der Waals surface area contributed by atoms with Gasteiger partial charge < -0.3 is 20.1 Å². The molecule has 118 valence electrons. The molecule has 21 heavy (non-hydrogen) atoms. The summed E-state index contributed by atoms with van der Waals surface area (Å²) in [4.78, 5) is 13.5. The van der Waals surface area contributed by atoms with Crippen molar-refractivity contribution in [3.63, 3.8) is 0 Å². The molecular weight excluding hydrogens is 292 g/mol. The number of halogens is 1. The van der Waals surface area contributed by atoms with Gasteiger partial charge >= 0.3 is 6.03 Å². The van der Waals surface area contributed by atoms with Gasteiger partial charge in [0.2, 0.25) is 0 Å². The van der Waals surface area contributed by atoms with Gasteiger partial charge in [0.25, 0.3) is 0 Å². The van der Waals surface area contributed by atoms with Crippen LogP contribution >= 0.6 is 11.6 Å². The smallest absolute Gasteiger partial charge is 0.321 e. The number of carbonyl (C=O) groups excluding carboxylic acids is 1. The molecule has 0 radical (unpaired) electrons. The Bertz CT molecular complexity index is 478. The number of nitrogens with one attached hydrogen (secondary N) is 1. The van der Waals surface area contributed by atoms with Crippen LogP contribution in [0.15, 0.2) is 18.2 Å². The summed E-state index contributed by atoms with van der Waals surface area (Å²) < 4.78 is 5.53. The van der Waals surface area contributed by atoms with E-state index in [4.69, 9.17) is 16.3 Å². The van der Waals surface area contributed by atoms with E-state index >= 15 is 0 Å². The van der Waals surface area contributed by atoms with Crippen LogP contribution in [0.2, 0.25) is 5.02 Å². The van der Waals surface area contributed by atoms with Crippen LogP contribution < -0.4 is 10.1 Å². The highest BCUT2D eigenvalue weighted by atomic mass is 35.5. The van der Waals surface area contributed by atoms with E-state index < -0.39 is 6.10 Å². The Labute approximate surface area is 130 Å². The summed E-state index contributed by atoms with van der Waals surface area (Å²) in [6.45, 7) is 6.01. The fourth-order valence-electron chi connectivity index (χ4n) is 1.63. The Morgan fingerprint density at radius 2 is 2.10 bits per heavy atom. The third kappa shape index (κ3) is 6.23. The molecule has 0 aromatic heterocycles. The molecule has 0 aliphatic rings. The number of rotatable bonds is 6. The van der Waals surface area contributed by atoms with Gasteiger partial charge in [-0.1, -0.05) is 11.6 Å². The molecule has 1 rings (SSSR count). The number of nitrogens with zero attached hydrogens (tertiary/aromatic N) is 1. The van der Waals surface area contributed by atoms with E-state index in [-0.39, 0.29) is 12.1 Å². The zero-order valence-electron chi connectivity index (χ0n) is 12.9. The minimum atomic E-state index is -0.429. The third-order valence-electron chi connectivity index (χ3n) is 2.77. The van der Waals surface area contributed by atoms with Crippen LogP contribution in [0, 0.1) is 0 Å². The Morgan fingerprint density at radius 3 is 2.62 bits per heavy atom. The number of amides is 2. The zero-order valence-corrected chi connectivity index (χ0v) is 13.6. The maximum atomic E-state index is 12.0. The standard InChI is InChI=1S/C15H23ClN2O3/c1-10(2)21-14-6-5-12(9-13(14)16)17-15(20)18(4)8-7-11(3)19/h5-6,9-11,19H,7-8H2,1-4H3,(H,17,20). The van der Waals surface area contributed by atoms with E-state index in [1.165, 1.54) is 4.90 Å². The van der Waals surface area contributed by atoms with Crippen LogP contribution in [0.5, 0.6) is 5.75 Å². The second kappa shape index (κ2) is 8.10. The third-order valence-corrected chi connectivity index (χ3v) is 3.07. The molecule has 0 bridgehead atoms. The first-order valence-electron chi connectivity index (χ1n) is 6.96. The number of hydrogen-bond donors (Lipinski definition) is 2. The van der Waals surface area contributed by atoms with E-state index in [9.17, 15) is 9.90 Å². The lowest BCUT2D eigenvalue weighted by atomic mass is 10.3. The van der Waals surface area contributed by atoms with Gasteiger partial charge in [0, 0.05) is 19.3 Å². The largest absolute Gasteiger partial charge is 0.489 e. The molecule has 1 atom stereocenters. The van der Waals surface area contributed by atoms with Crippen molar-refractivity contribution in [2.24, 2.45) is 0 Å². The number of ether oxygens (including phenoxy) is 1. The SMILES string of the molecule is CC(O)CCN(C)C(=O)Nc1ccc(OC(C)C)c(Cl)c1. The molecular formula is C15H23ClN2O3. The molecule has 6 heteroatoms. The average Bonchev–Trinajstić information content (AvgIpc) is 2.38. The summed E-state index contributed by atoms with van der Waals surface area (Å²) in [6.07, 6.45) is 0.142. The number of benzene rings is 1. The predicted molar refractivity (Wildman–Crippen MR) is 85.2 cm³/mol. The van der Waals surface area contributed by atoms with Crippen LogP contribution in [0.1, 0.15) is 27.2 Å². The molecule has 1 unspecified atom stereocenters. The topological polar surface area (TPSA) is 61.8 Å². The fourth-order valence-corrected chi connectivity index (χ4v) is 1.85. The second-order valence-electron chi connectivity index (χ2n) is 5.30. The molecule has 0 aliphatic carbocycles. The maximum Gasteiger partial charge on any atom is 0.321 e. The summed E-state index contributed by atoms with van der Waals surface area (Å²) in [7, 11) is 1.68. The first-order chi connectivity index (χ1) is 9.79. The fraction of sp³-hybridized carbons (Fsp3) is 0.533. The lowest BCUT2D eigenvalue weighted by Gasteiger charge is -2.19. The highest BCUT2D eigenvalue weighted by Crippen LogP contribution is 2.28. The normalized spacial score (nSPS) is 12.1. The molecule has 0 saturated heterocycles. The summed E-state index contributed by atoms with van der Waals surface area (Å²) in [6, 6.07) is 4.88. The minimum Gasteiger partial charge on any atom is -0.489 e. The summed E-state index contributed by atoms with van der Waals surface area (Å²) >= 11 is 6.12. The minimum absolute atomic E-state index is 0.0366. The molecule has 0 aliphatic heterocycles. The van der Waals surface area contributed by atoms with E-state index in [2.05, 4.69) is 5.32 Å². The molecule has 1 aromatic carbocycles. The van der Waals surface area contributed by atoms with Crippen LogP contribution in [0.4, 0.5) is 10.5 Å². The van der Waals surface area contributed by atoms with Gasteiger partial charge in [-0.05, 0) is 45.4 Å². The number of hydrogen-bond acceptors (Lipinski definition) is 3. The number of carbonyl (C=O) groups is 1. The van der Waals surface area contributed by atoms with E-state index in [0.717, 1.165) is 0 Å². The molecule has 0 spiro atoms. The van der Waals surface area contributed by atoms with Crippen LogP contribution in [0.3, 0.4) is 0 Å². The van der Waals surface area contributed by atoms with Gasteiger partial charge in [0.15, 0.2) is 0 Å². The zero-order chi connectivity index (χ0) is 16.0. The van der Waals surface area contributed by atoms with Gasteiger partial charge in [-0.25, -0.2) is 4.79 Å². The van der Waals surface area contributed by atoms with Gasteiger partial charge in [0.05, 0.1) is 17.2 Å². The van der Waals surface area contributed by atoms with Crippen molar-refractivity contribution in [3.05, 3.63) is 23.2 Å². The number of anilines is 1. The van der Waals surface area contributed by atoms with E-state index in [1.54, 1.807) is 32.2 Å². The van der Waals surface area contributed by atoms with Crippen molar-refractivity contribution >= 4 is 23.3 Å². The quantitative estimate of drug-likeness (QED) is 0.846. The predicted octanol–water partition coefficient (Wildman–Crippen LogP) is 3.36. The van der Waals surface area contributed by atoms with Crippen molar-refractivity contribution in [1.29, 1.82) is 0 Å². The molecule has 2 amide bonds. The summed E-state index contributed by atoms with van der Waals surface area (Å²) in [5, 5.41) is 12.4. The second-order valence-corrected chi connectivity index (χ2v) is 5.71. The molecule has 0 heterocycles. The van der Waals surface area contributed by atoms with Crippen LogP contribution in [-0.2, 0) is 0 Å². The average molecular weight is 315 g/mol. The molecule has 5 nitrogen and oxygen atoms in total. The molecule has 1 aromatic rings. The summed E-state index contributed by atoms with van der Waals surface area (Å²) in [5.74, 6) is 0.590. The van der Waals surface area contributed by atoms with Crippen molar-refractivity contribution < 1.29 is 14.6 Å². The Kier molecular flexibility index (Phi) is 6.78. The Balaban J connectivity index is 2.62. The Morgan fingerprint density at radius 1 is 1.43 bits per heavy atom. The summed E-state index contributed by atoms with van der Waals surface area (Å²) in [5.41, 5.74) is 0.602. The molecule has 2 N–H and O–H groups in total. The van der Waals surface area contributed by atoms with Crippen molar-refractivity contribution in [3.8, 4) is 5.75 Å². The molecule has 0 fully saturated rings. The Hall–Kier alpha value is -1.46. The van der Waals surface area contributed by atoms with Crippen molar-refractivity contribution in [2.45, 2.75) is 39.4 Å². The lowest BCUT2D eigenvalue weighted by molar-refractivity contribution is 0.167. The molecule has 0 saturated carbocycles. The number of urea groups is 1. The first-order valence-corrected chi connectivity index (χ1v) is 7.33. The van der Waals surface area contributed by atoms with Gasteiger partial charge in [0.1, 0.15) is 5.75 Å². The highest BCUT2D eigenvalue weighted by Gasteiger charge is 2.11. The van der Waals surface area contributed by atoms with Crippen molar-refractivity contribution in [2.75, 3.05) is 18.9 Å². The van der Waals surface area contributed by atoms with Gasteiger partial charge in [-0.15, -0.1) is 0 Å². The number of aliphatic hydroxyl groups is 1. The van der Waals surface area contributed by atoms with Crippen LogP contribution in [0.25, 0.3) is 0 Å². The van der Waals surface area contributed by atoms with Gasteiger partial charge in [-0.3, -0.25) is 0 Å². The highest BCUT2D eigenvalue weighted by molar-refractivity contribution is 6.32. The lowest BCUT2D eigenvalue weighted by Crippen LogP contribution is -2.33. The van der Waals surface area contributed by atoms with Gasteiger partial charge in [-0.2, -0.15) is 0 Å². The van der Waals surface area contributed by atoms with E-state index in [1.807, 2.05) is 13.8 Å². The first kappa shape index (κ1) is 17.6. The number of aliphatic hydroxyl groups excluding tert-OH is 1. The van der Waals surface area contributed by atoms with E-state index in [0.29, 0.717) is 29.4 Å².